The largest absolute Gasteiger partial charge is 0.273 e. The normalized spacial score (nSPS) is 11.2. The van der Waals surface area contributed by atoms with Gasteiger partial charge >= 0.3 is 0 Å². The molecule has 0 bridgehead atoms. The predicted molar refractivity (Wildman–Crippen MR) is 115 cm³/mol. The molecule has 0 radical (unpaired) electrons. The van der Waals surface area contributed by atoms with E-state index in [2.05, 4.69) is 72.7 Å². The lowest BCUT2D eigenvalue weighted by Gasteiger charge is -2.04. The van der Waals surface area contributed by atoms with Gasteiger partial charge in [-0.25, -0.2) is 5.43 Å². The summed E-state index contributed by atoms with van der Waals surface area (Å²) in [7, 11) is 0. The fraction of sp³-hybridized carbons (Fsp3) is 0.143. The first kappa shape index (κ1) is 18.8. The summed E-state index contributed by atoms with van der Waals surface area (Å²) in [6.45, 7) is 2.02. The van der Waals surface area contributed by atoms with Crippen LogP contribution in [0.1, 0.15) is 23.1 Å². The molecule has 0 unspecified atom stereocenters. The SMILES string of the molecule is Cc1c(Br)cc(/C=N\NC(=O)CCc2ccc3ccccc3c2)cc1Br. The predicted octanol–water partition coefficient (Wildman–Crippen LogP) is 5.76. The van der Waals surface area contributed by atoms with E-state index in [4.69, 9.17) is 0 Å². The Morgan fingerprint density at radius 1 is 1.04 bits per heavy atom. The van der Waals surface area contributed by atoms with Crippen molar-refractivity contribution >= 4 is 54.8 Å². The van der Waals surface area contributed by atoms with E-state index in [1.54, 1.807) is 6.21 Å². The second-order valence-corrected chi connectivity index (χ2v) is 7.79. The molecule has 0 aromatic heterocycles. The Kier molecular flexibility index (Phi) is 6.22. The molecule has 5 heteroatoms. The average molecular weight is 474 g/mol. The number of aryl methyl sites for hydroxylation is 1. The van der Waals surface area contributed by atoms with Crippen LogP contribution < -0.4 is 5.43 Å². The van der Waals surface area contributed by atoms with Gasteiger partial charge in [-0.05, 0) is 52.9 Å². The molecule has 0 saturated heterocycles. The molecule has 3 aromatic rings. The Hall–Kier alpha value is -1.98. The van der Waals surface area contributed by atoms with Gasteiger partial charge in [0.15, 0.2) is 0 Å². The fourth-order valence-electron chi connectivity index (χ4n) is 2.63. The van der Waals surface area contributed by atoms with Crippen LogP contribution in [-0.2, 0) is 11.2 Å². The maximum absolute atomic E-state index is 12.0. The molecule has 3 nitrogen and oxygen atoms in total. The smallest absolute Gasteiger partial charge is 0.240 e. The Bertz CT molecular complexity index is 960. The van der Waals surface area contributed by atoms with Crippen LogP contribution in [0.4, 0.5) is 0 Å². The zero-order valence-corrected chi connectivity index (χ0v) is 17.5. The zero-order valence-electron chi connectivity index (χ0n) is 14.3. The summed E-state index contributed by atoms with van der Waals surface area (Å²) in [5.41, 5.74) is 5.77. The molecule has 3 rings (SSSR count). The van der Waals surface area contributed by atoms with Crippen molar-refractivity contribution in [1.29, 1.82) is 0 Å². The minimum atomic E-state index is -0.0975. The molecule has 0 atom stereocenters. The van der Waals surface area contributed by atoms with E-state index in [-0.39, 0.29) is 5.91 Å². The first-order valence-electron chi connectivity index (χ1n) is 8.28. The minimum Gasteiger partial charge on any atom is -0.273 e. The van der Waals surface area contributed by atoms with E-state index < -0.39 is 0 Å². The second kappa shape index (κ2) is 8.60. The van der Waals surface area contributed by atoms with Crippen molar-refractivity contribution in [2.45, 2.75) is 19.8 Å². The number of carbonyl (C=O) groups is 1. The van der Waals surface area contributed by atoms with E-state index in [1.165, 1.54) is 10.8 Å². The average Bonchev–Trinajstić information content (AvgIpc) is 2.64. The van der Waals surface area contributed by atoms with Crippen LogP contribution in [0.2, 0.25) is 0 Å². The van der Waals surface area contributed by atoms with Gasteiger partial charge in [-0.1, -0.05) is 74.3 Å². The van der Waals surface area contributed by atoms with E-state index in [9.17, 15) is 4.79 Å². The fourth-order valence-corrected chi connectivity index (χ4v) is 3.85. The van der Waals surface area contributed by atoms with Crippen LogP contribution in [-0.4, -0.2) is 12.1 Å². The van der Waals surface area contributed by atoms with Crippen molar-refractivity contribution in [3.63, 3.8) is 0 Å². The monoisotopic (exact) mass is 472 g/mol. The molecule has 0 aliphatic rings. The summed E-state index contributed by atoms with van der Waals surface area (Å²) in [5.74, 6) is -0.0975. The van der Waals surface area contributed by atoms with E-state index in [1.807, 2.05) is 31.2 Å². The van der Waals surface area contributed by atoms with Crippen molar-refractivity contribution in [3.8, 4) is 0 Å². The van der Waals surface area contributed by atoms with Gasteiger partial charge in [0.25, 0.3) is 0 Å². The molecule has 0 spiro atoms. The van der Waals surface area contributed by atoms with Crippen LogP contribution in [0.5, 0.6) is 0 Å². The summed E-state index contributed by atoms with van der Waals surface area (Å²) in [5, 5.41) is 6.45. The van der Waals surface area contributed by atoms with Gasteiger partial charge in [-0.2, -0.15) is 5.10 Å². The molecule has 26 heavy (non-hydrogen) atoms. The third kappa shape index (κ3) is 4.80. The number of nitrogens with one attached hydrogen (secondary N) is 1. The van der Waals surface area contributed by atoms with Crippen LogP contribution in [0, 0.1) is 6.92 Å². The highest BCUT2D eigenvalue weighted by Crippen LogP contribution is 2.25. The van der Waals surface area contributed by atoms with Crippen molar-refractivity contribution in [3.05, 3.63) is 80.2 Å². The first-order chi connectivity index (χ1) is 12.5. The summed E-state index contributed by atoms with van der Waals surface area (Å²) in [4.78, 5) is 12.0. The van der Waals surface area contributed by atoms with Gasteiger partial charge in [-0.3, -0.25) is 4.79 Å². The zero-order chi connectivity index (χ0) is 18.5. The lowest BCUT2D eigenvalue weighted by molar-refractivity contribution is -0.121. The third-order valence-electron chi connectivity index (χ3n) is 4.16. The number of hydrogen-bond acceptors (Lipinski definition) is 2. The second-order valence-electron chi connectivity index (χ2n) is 6.08. The number of rotatable bonds is 5. The first-order valence-corrected chi connectivity index (χ1v) is 9.87. The molecule has 0 fully saturated rings. The number of nitrogens with zero attached hydrogens (tertiary/aromatic N) is 1. The molecule has 3 aromatic carbocycles. The Balaban J connectivity index is 1.55. The quantitative estimate of drug-likeness (QED) is 0.371. The number of fused-ring (bicyclic) bond motifs is 1. The summed E-state index contributed by atoms with van der Waals surface area (Å²) in [6.07, 6.45) is 2.73. The number of halogens is 2. The Morgan fingerprint density at radius 3 is 2.46 bits per heavy atom. The van der Waals surface area contributed by atoms with Gasteiger partial charge in [0.2, 0.25) is 5.91 Å². The van der Waals surface area contributed by atoms with Crippen molar-refractivity contribution in [2.24, 2.45) is 5.10 Å². The number of benzene rings is 3. The summed E-state index contributed by atoms with van der Waals surface area (Å²) >= 11 is 7.01. The standard InChI is InChI=1S/C21H18Br2N2O/c1-14-19(22)11-16(12-20(14)23)13-24-25-21(26)9-7-15-6-8-17-4-2-3-5-18(17)10-15/h2-6,8,10-13H,7,9H2,1H3,(H,25,26)/b24-13-. The lowest BCUT2D eigenvalue weighted by Crippen LogP contribution is -2.17. The van der Waals surface area contributed by atoms with Crippen molar-refractivity contribution < 1.29 is 4.79 Å². The Labute approximate surface area is 169 Å². The highest BCUT2D eigenvalue weighted by Gasteiger charge is 2.04. The molecule has 132 valence electrons. The minimum absolute atomic E-state index is 0.0975. The summed E-state index contributed by atoms with van der Waals surface area (Å²) in [6, 6.07) is 18.4. The molecule has 1 amide bonds. The maximum atomic E-state index is 12.0. The molecule has 0 heterocycles. The molecular weight excluding hydrogens is 456 g/mol. The van der Waals surface area contributed by atoms with Gasteiger partial charge in [-0.15, -0.1) is 0 Å². The molecule has 1 N–H and O–H groups in total. The molecular formula is C21H18Br2N2O. The van der Waals surface area contributed by atoms with Gasteiger partial charge < -0.3 is 0 Å². The number of hydrazone groups is 1. The maximum Gasteiger partial charge on any atom is 0.240 e. The highest BCUT2D eigenvalue weighted by molar-refractivity contribution is 9.11. The van der Waals surface area contributed by atoms with Crippen LogP contribution in [0.15, 0.2) is 68.6 Å². The van der Waals surface area contributed by atoms with Crippen molar-refractivity contribution in [2.75, 3.05) is 0 Å². The number of amides is 1. The molecule has 0 saturated carbocycles. The molecule has 0 aliphatic carbocycles. The number of carbonyl (C=O) groups excluding carboxylic acids is 1. The molecule has 0 aliphatic heterocycles. The highest BCUT2D eigenvalue weighted by atomic mass is 79.9. The van der Waals surface area contributed by atoms with E-state index in [0.29, 0.717) is 12.8 Å². The van der Waals surface area contributed by atoms with Gasteiger partial charge in [0.05, 0.1) is 6.21 Å². The van der Waals surface area contributed by atoms with E-state index in [0.717, 1.165) is 25.6 Å². The van der Waals surface area contributed by atoms with Crippen LogP contribution in [0.3, 0.4) is 0 Å². The lowest BCUT2D eigenvalue weighted by atomic mass is 10.0. The van der Waals surface area contributed by atoms with Crippen molar-refractivity contribution in [1.82, 2.24) is 5.43 Å². The summed E-state index contributed by atoms with van der Waals surface area (Å²) < 4.78 is 1.99. The van der Waals surface area contributed by atoms with Gasteiger partial charge in [0.1, 0.15) is 0 Å². The topological polar surface area (TPSA) is 41.5 Å². The van der Waals surface area contributed by atoms with E-state index >= 15 is 0 Å². The number of hydrogen-bond donors (Lipinski definition) is 1. The van der Waals surface area contributed by atoms with Crippen LogP contribution >= 0.6 is 31.9 Å². The van der Waals surface area contributed by atoms with Crippen LogP contribution in [0.25, 0.3) is 10.8 Å². The van der Waals surface area contributed by atoms with Gasteiger partial charge in [0, 0.05) is 15.4 Å². The Morgan fingerprint density at radius 2 is 1.73 bits per heavy atom. The third-order valence-corrected chi connectivity index (χ3v) is 5.81.